The minimum atomic E-state index is -1.06. The van der Waals surface area contributed by atoms with Gasteiger partial charge in [0.25, 0.3) is 0 Å². The molecule has 2 rings (SSSR count). The maximum absolute atomic E-state index is 10.3. The average molecular weight is 328 g/mol. The highest BCUT2D eigenvalue weighted by molar-refractivity contribution is 4.87. The van der Waals surface area contributed by atoms with Gasteiger partial charge >= 0.3 is 0 Å². The number of hydrogen-bond donors (Lipinski definition) is 2. The normalized spacial score (nSPS) is 34.0. The molecule has 0 radical (unpaired) electrons. The summed E-state index contributed by atoms with van der Waals surface area (Å²) in [7, 11) is 0. The van der Waals surface area contributed by atoms with E-state index in [1.165, 1.54) is 0 Å². The van der Waals surface area contributed by atoms with Gasteiger partial charge in [-0.3, -0.25) is 0 Å². The third-order valence-corrected chi connectivity index (χ3v) is 4.07. The van der Waals surface area contributed by atoms with Gasteiger partial charge in [0, 0.05) is 12.8 Å². The Labute approximate surface area is 137 Å². The standard InChI is InChI=1S/C17H28O6/c1-3-5-7-9-15-21-11-13(23-15)17(19)16(18)12-10-20-14(22-12)8-6-4-2/h3-5,12-19H,2,6-11H2,1H3. The van der Waals surface area contributed by atoms with Crippen LogP contribution in [0.2, 0.25) is 0 Å². The summed E-state index contributed by atoms with van der Waals surface area (Å²) in [4.78, 5) is 0. The van der Waals surface area contributed by atoms with Crippen LogP contribution in [0.1, 0.15) is 32.6 Å². The Morgan fingerprint density at radius 3 is 2.00 bits per heavy atom. The molecule has 0 spiro atoms. The van der Waals surface area contributed by atoms with E-state index in [4.69, 9.17) is 18.9 Å². The van der Waals surface area contributed by atoms with E-state index >= 15 is 0 Å². The minimum absolute atomic E-state index is 0.262. The molecule has 2 N–H and O–H groups in total. The van der Waals surface area contributed by atoms with Crippen molar-refractivity contribution >= 4 is 0 Å². The van der Waals surface area contributed by atoms with E-state index in [0.29, 0.717) is 6.42 Å². The first-order chi connectivity index (χ1) is 11.2. The van der Waals surface area contributed by atoms with Crippen molar-refractivity contribution in [3.05, 3.63) is 24.8 Å². The Morgan fingerprint density at radius 1 is 1.00 bits per heavy atom. The average Bonchev–Trinajstić information content (AvgIpc) is 3.21. The monoisotopic (exact) mass is 328 g/mol. The van der Waals surface area contributed by atoms with Crippen LogP contribution in [0.5, 0.6) is 0 Å². The summed E-state index contributed by atoms with van der Waals surface area (Å²) in [6, 6.07) is 0. The highest BCUT2D eigenvalue weighted by Crippen LogP contribution is 2.25. The van der Waals surface area contributed by atoms with Gasteiger partial charge in [-0.15, -0.1) is 6.58 Å². The molecule has 23 heavy (non-hydrogen) atoms. The Bertz CT molecular complexity index is 385. The topological polar surface area (TPSA) is 77.4 Å². The smallest absolute Gasteiger partial charge is 0.158 e. The van der Waals surface area contributed by atoms with E-state index in [1.54, 1.807) is 6.08 Å². The molecule has 2 fully saturated rings. The fraction of sp³-hybridized carbons (Fsp3) is 0.765. The lowest BCUT2D eigenvalue weighted by atomic mass is 10.0. The minimum Gasteiger partial charge on any atom is -0.387 e. The molecule has 2 aliphatic heterocycles. The maximum Gasteiger partial charge on any atom is 0.158 e. The second kappa shape index (κ2) is 9.52. The van der Waals surface area contributed by atoms with Crippen LogP contribution in [0.15, 0.2) is 24.8 Å². The first-order valence-corrected chi connectivity index (χ1v) is 8.28. The van der Waals surface area contributed by atoms with E-state index in [2.05, 4.69) is 6.58 Å². The van der Waals surface area contributed by atoms with Crippen molar-refractivity contribution in [2.24, 2.45) is 0 Å². The Balaban J connectivity index is 1.74. The third-order valence-electron chi connectivity index (χ3n) is 4.07. The summed E-state index contributed by atoms with van der Waals surface area (Å²) in [6.07, 6.45) is 4.97. The summed E-state index contributed by atoms with van der Waals surface area (Å²) in [6.45, 7) is 6.15. The zero-order chi connectivity index (χ0) is 16.7. The van der Waals surface area contributed by atoms with Crippen molar-refractivity contribution in [1.82, 2.24) is 0 Å². The van der Waals surface area contributed by atoms with Crippen molar-refractivity contribution in [2.45, 2.75) is 69.6 Å². The van der Waals surface area contributed by atoms with Gasteiger partial charge in [0.2, 0.25) is 0 Å². The first-order valence-electron chi connectivity index (χ1n) is 8.28. The summed E-state index contributed by atoms with van der Waals surface area (Å²) in [5, 5.41) is 20.6. The van der Waals surface area contributed by atoms with E-state index in [1.807, 2.05) is 19.1 Å². The third kappa shape index (κ3) is 5.38. The summed E-state index contributed by atoms with van der Waals surface area (Å²) in [5.74, 6) is 0. The molecule has 0 aliphatic carbocycles. The Kier molecular flexibility index (Phi) is 7.69. The SMILES string of the molecule is C=CCCC1OCC(C(O)C(O)C2COC(CCC=CC)O2)O1. The predicted molar refractivity (Wildman–Crippen MR) is 84.7 cm³/mol. The van der Waals surface area contributed by atoms with E-state index in [-0.39, 0.29) is 25.8 Å². The van der Waals surface area contributed by atoms with Crippen molar-refractivity contribution in [2.75, 3.05) is 13.2 Å². The fourth-order valence-electron chi connectivity index (χ4n) is 2.71. The number of aliphatic hydroxyl groups is 2. The molecule has 0 aromatic heterocycles. The van der Waals surface area contributed by atoms with Crippen LogP contribution in [-0.4, -0.2) is 60.4 Å². The van der Waals surface area contributed by atoms with Gasteiger partial charge in [-0.2, -0.15) is 0 Å². The van der Waals surface area contributed by atoms with Gasteiger partial charge in [0.05, 0.1) is 13.2 Å². The Morgan fingerprint density at radius 2 is 1.52 bits per heavy atom. The van der Waals surface area contributed by atoms with Crippen LogP contribution in [0.25, 0.3) is 0 Å². The molecule has 2 aliphatic rings. The molecule has 0 amide bonds. The zero-order valence-electron chi connectivity index (χ0n) is 13.7. The van der Waals surface area contributed by atoms with E-state index < -0.39 is 24.4 Å². The zero-order valence-corrected chi connectivity index (χ0v) is 13.7. The number of rotatable bonds is 9. The maximum atomic E-state index is 10.3. The molecular weight excluding hydrogens is 300 g/mol. The fourth-order valence-corrected chi connectivity index (χ4v) is 2.71. The summed E-state index contributed by atoms with van der Waals surface area (Å²) >= 11 is 0. The van der Waals surface area contributed by atoms with Crippen LogP contribution in [0.3, 0.4) is 0 Å². The van der Waals surface area contributed by atoms with Gasteiger partial charge in [0.1, 0.15) is 24.4 Å². The number of aliphatic hydroxyl groups excluding tert-OH is 2. The number of ether oxygens (including phenoxy) is 4. The van der Waals surface area contributed by atoms with Crippen molar-refractivity contribution in [3.8, 4) is 0 Å². The molecule has 6 heteroatoms. The van der Waals surface area contributed by atoms with Crippen LogP contribution in [-0.2, 0) is 18.9 Å². The largest absolute Gasteiger partial charge is 0.387 e. The summed E-state index contributed by atoms with van der Waals surface area (Å²) < 4.78 is 22.3. The van der Waals surface area contributed by atoms with E-state index in [0.717, 1.165) is 19.3 Å². The molecule has 0 bridgehead atoms. The molecule has 6 atom stereocenters. The second-order valence-electron chi connectivity index (χ2n) is 5.87. The van der Waals surface area contributed by atoms with Crippen LogP contribution in [0, 0.1) is 0 Å². The van der Waals surface area contributed by atoms with Crippen molar-refractivity contribution < 1.29 is 29.2 Å². The molecule has 0 aromatic rings. The second-order valence-corrected chi connectivity index (χ2v) is 5.87. The lowest BCUT2D eigenvalue weighted by Crippen LogP contribution is -2.46. The van der Waals surface area contributed by atoms with Crippen LogP contribution >= 0.6 is 0 Å². The van der Waals surface area contributed by atoms with Gasteiger partial charge in [0.15, 0.2) is 12.6 Å². The van der Waals surface area contributed by atoms with Gasteiger partial charge in [-0.05, 0) is 19.8 Å². The molecule has 2 saturated heterocycles. The van der Waals surface area contributed by atoms with Gasteiger partial charge < -0.3 is 29.2 Å². The number of hydrogen-bond acceptors (Lipinski definition) is 6. The molecule has 0 aromatic carbocycles. The predicted octanol–water partition coefficient (Wildman–Crippen LogP) is 1.51. The lowest BCUT2D eigenvalue weighted by Gasteiger charge is -2.25. The van der Waals surface area contributed by atoms with Crippen molar-refractivity contribution in [3.63, 3.8) is 0 Å². The molecule has 2 heterocycles. The molecular formula is C17H28O6. The molecule has 0 saturated carbocycles. The Hall–Kier alpha value is -0.760. The highest BCUT2D eigenvalue weighted by atomic mass is 16.7. The lowest BCUT2D eigenvalue weighted by molar-refractivity contribution is -0.140. The van der Waals surface area contributed by atoms with Crippen molar-refractivity contribution in [1.29, 1.82) is 0 Å². The quantitative estimate of drug-likeness (QED) is 0.625. The van der Waals surface area contributed by atoms with Crippen LogP contribution in [0.4, 0.5) is 0 Å². The number of allylic oxidation sites excluding steroid dienone is 3. The van der Waals surface area contributed by atoms with E-state index in [9.17, 15) is 10.2 Å². The summed E-state index contributed by atoms with van der Waals surface area (Å²) in [5.41, 5.74) is 0. The molecule has 6 nitrogen and oxygen atoms in total. The first kappa shape index (κ1) is 18.6. The van der Waals surface area contributed by atoms with Crippen LogP contribution < -0.4 is 0 Å². The molecule has 6 unspecified atom stereocenters. The molecule has 132 valence electrons. The highest BCUT2D eigenvalue weighted by Gasteiger charge is 2.41. The van der Waals surface area contributed by atoms with Gasteiger partial charge in [-0.1, -0.05) is 18.2 Å². The van der Waals surface area contributed by atoms with Gasteiger partial charge in [-0.25, -0.2) is 0 Å².